The maximum atomic E-state index is 13.3. The summed E-state index contributed by atoms with van der Waals surface area (Å²) in [5.74, 6) is 3.24. The molecular weight excluding hydrogens is 418 g/mol. The molecular formula is C24H29N7O2. The van der Waals surface area contributed by atoms with Gasteiger partial charge in [-0.1, -0.05) is 6.07 Å². The molecule has 0 radical (unpaired) electrons. The van der Waals surface area contributed by atoms with E-state index in [1.165, 1.54) is 43.3 Å². The van der Waals surface area contributed by atoms with E-state index in [2.05, 4.69) is 25.7 Å². The molecule has 9 nitrogen and oxygen atoms in total. The minimum absolute atomic E-state index is 0.0112. The fourth-order valence-corrected chi connectivity index (χ4v) is 8.11. The average Bonchev–Trinajstić information content (AvgIpc) is 3.50. The predicted octanol–water partition coefficient (Wildman–Crippen LogP) is 1.85. The Bertz CT molecular complexity index is 1250. The van der Waals surface area contributed by atoms with Crippen LogP contribution in [0.3, 0.4) is 0 Å². The summed E-state index contributed by atoms with van der Waals surface area (Å²) in [6.07, 6.45) is 10.5. The summed E-state index contributed by atoms with van der Waals surface area (Å²) in [6.45, 7) is 1.14. The van der Waals surface area contributed by atoms with Gasteiger partial charge in [-0.15, -0.1) is 10.2 Å². The van der Waals surface area contributed by atoms with Crippen molar-refractivity contribution in [3.63, 3.8) is 0 Å². The lowest BCUT2D eigenvalue weighted by molar-refractivity contribution is -0.00254. The van der Waals surface area contributed by atoms with Crippen LogP contribution in [0.2, 0.25) is 0 Å². The first kappa shape index (κ1) is 19.6. The van der Waals surface area contributed by atoms with E-state index in [0.29, 0.717) is 35.3 Å². The third kappa shape index (κ3) is 2.90. The molecule has 4 aliphatic rings. The maximum absolute atomic E-state index is 13.3. The first-order chi connectivity index (χ1) is 16.1. The summed E-state index contributed by atoms with van der Waals surface area (Å²) in [7, 11) is 0. The standard InChI is InChI=1S/C24H29N7O2/c32-5-4-20-27-29-31(28-20)12-18-11-30-19(2-1-3-21(30)26-18)22(33)25-14-23-8-15-6-16-7-17(10-23)24(16,9-15)13-23/h1-3,11,15-17,32H,4-10,12-14H2,(H,25,33). The van der Waals surface area contributed by atoms with Crippen LogP contribution in [-0.4, -0.2) is 53.8 Å². The molecule has 172 valence electrons. The molecule has 9 heteroatoms. The lowest BCUT2D eigenvalue weighted by Gasteiger charge is -2.49. The molecule has 1 amide bonds. The van der Waals surface area contributed by atoms with Crippen molar-refractivity contribution in [2.24, 2.45) is 28.6 Å². The summed E-state index contributed by atoms with van der Waals surface area (Å²) >= 11 is 0. The molecule has 3 heterocycles. The number of hydrogen-bond donors (Lipinski definition) is 2. The van der Waals surface area contributed by atoms with Gasteiger partial charge in [0.15, 0.2) is 5.82 Å². The minimum atomic E-state index is -0.0331. The molecule has 3 aromatic heterocycles. The summed E-state index contributed by atoms with van der Waals surface area (Å²) in [5, 5.41) is 24.6. The second kappa shape index (κ2) is 6.85. The van der Waals surface area contributed by atoms with Gasteiger partial charge in [0.25, 0.3) is 5.91 Å². The zero-order valence-electron chi connectivity index (χ0n) is 18.7. The van der Waals surface area contributed by atoms with Crippen molar-refractivity contribution in [3.8, 4) is 0 Å². The van der Waals surface area contributed by atoms with E-state index in [1.54, 1.807) is 0 Å². The number of carbonyl (C=O) groups is 1. The van der Waals surface area contributed by atoms with Crippen LogP contribution in [0.1, 0.15) is 60.5 Å². The van der Waals surface area contributed by atoms with Crippen molar-refractivity contribution in [2.45, 2.75) is 51.5 Å². The molecule has 7 rings (SSSR count). The van der Waals surface area contributed by atoms with Gasteiger partial charge in [-0.05, 0) is 84.5 Å². The van der Waals surface area contributed by atoms with Gasteiger partial charge in [0.2, 0.25) is 0 Å². The van der Waals surface area contributed by atoms with Gasteiger partial charge in [-0.3, -0.25) is 9.20 Å². The molecule has 0 saturated heterocycles. The molecule has 2 N–H and O–H groups in total. The summed E-state index contributed by atoms with van der Waals surface area (Å²) in [4.78, 5) is 19.4. The van der Waals surface area contributed by atoms with E-state index in [9.17, 15) is 4.79 Å². The Hall–Kier alpha value is -2.81. The topological polar surface area (TPSA) is 110 Å². The first-order valence-electron chi connectivity index (χ1n) is 12.2. The Kier molecular flexibility index (Phi) is 4.08. The molecule has 0 aliphatic heterocycles. The molecule has 4 saturated carbocycles. The molecule has 4 aliphatic carbocycles. The number of aromatic nitrogens is 6. The predicted molar refractivity (Wildman–Crippen MR) is 118 cm³/mol. The first-order valence-corrected chi connectivity index (χ1v) is 12.2. The van der Waals surface area contributed by atoms with E-state index in [4.69, 9.17) is 5.11 Å². The summed E-state index contributed by atoms with van der Waals surface area (Å²) < 4.78 is 1.85. The lowest BCUT2D eigenvalue weighted by atomic mass is 9.55. The highest BCUT2D eigenvalue weighted by atomic mass is 16.3. The molecule has 33 heavy (non-hydrogen) atoms. The van der Waals surface area contributed by atoms with E-state index < -0.39 is 0 Å². The zero-order valence-corrected chi connectivity index (χ0v) is 18.7. The van der Waals surface area contributed by atoms with Crippen LogP contribution in [0.5, 0.6) is 0 Å². The number of nitrogens with zero attached hydrogens (tertiary/aromatic N) is 6. The number of amides is 1. The lowest BCUT2D eigenvalue weighted by Crippen LogP contribution is -2.43. The minimum Gasteiger partial charge on any atom is -0.396 e. The molecule has 3 aromatic rings. The van der Waals surface area contributed by atoms with Crippen LogP contribution in [0.4, 0.5) is 0 Å². The number of pyridine rings is 1. The van der Waals surface area contributed by atoms with Crippen LogP contribution in [0.25, 0.3) is 5.65 Å². The van der Waals surface area contributed by atoms with Gasteiger partial charge in [-0.25, -0.2) is 4.98 Å². The van der Waals surface area contributed by atoms with Crippen LogP contribution < -0.4 is 5.32 Å². The highest BCUT2D eigenvalue weighted by Crippen LogP contribution is 2.78. The van der Waals surface area contributed by atoms with Gasteiger partial charge >= 0.3 is 0 Å². The number of carbonyl (C=O) groups excluding carboxylic acids is 1. The number of tetrazole rings is 1. The Balaban J connectivity index is 1.08. The van der Waals surface area contributed by atoms with Crippen molar-refractivity contribution in [1.82, 2.24) is 34.9 Å². The number of aliphatic hydroxyl groups excluding tert-OH is 1. The second-order valence-corrected chi connectivity index (χ2v) is 11.0. The monoisotopic (exact) mass is 447 g/mol. The smallest absolute Gasteiger partial charge is 0.268 e. The zero-order chi connectivity index (χ0) is 22.2. The van der Waals surface area contributed by atoms with Crippen LogP contribution >= 0.6 is 0 Å². The third-order valence-corrected chi connectivity index (χ3v) is 9.12. The SMILES string of the molecule is O=C(NCC12CC3CC4CC(C1)C4(C3)C2)c1cccc2nc(Cn3nnc(CCO)n3)cn12. The molecule has 5 unspecified atom stereocenters. The third-order valence-electron chi connectivity index (χ3n) is 9.12. The number of rotatable bonds is 7. The number of fused-ring (bicyclic) bond motifs is 3. The Labute approximate surface area is 191 Å². The van der Waals surface area contributed by atoms with Crippen LogP contribution in [0.15, 0.2) is 24.4 Å². The van der Waals surface area contributed by atoms with Crippen molar-refractivity contribution in [1.29, 1.82) is 0 Å². The van der Waals surface area contributed by atoms with Gasteiger partial charge in [0, 0.05) is 19.2 Å². The van der Waals surface area contributed by atoms with Gasteiger partial charge in [0.1, 0.15) is 17.9 Å². The fourth-order valence-electron chi connectivity index (χ4n) is 8.11. The van der Waals surface area contributed by atoms with Gasteiger partial charge in [-0.2, -0.15) is 4.80 Å². The summed E-state index contributed by atoms with van der Waals surface area (Å²) in [5.41, 5.74) is 3.03. The molecule has 3 bridgehead atoms. The molecule has 1 spiro atoms. The normalized spacial score (nSPS) is 33.4. The number of imidazole rings is 1. The van der Waals surface area contributed by atoms with Crippen molar-refractivity contribution in [2.75, 3.05) is 13.2 Å². The summed E-state index contributed by atoms with van der Waals surface area (Å²) in [6, 6.07) is 5.64. The van der Waals surface area contributed by atoms with Crippen LogP contribution in [-0.2, 0) is 13.0 Å². The van der Waals surface area contributed by atoms with E-state index >= 15 is 0 Å². The maximum Gasteiger partial charge on any atom is 0.268 e. The molecule has 4 fully saturated rings. The molecule has 5 atom stereocenters. The van der Waals surface area contributed by atoms with Gasteiger partial charge in [0.05, 0.1) is 12.3 Å². The quantitative estimate of drug-likeness (QED) is 0.572. The Morgan fingerprint density at radius 1 is 1.21 bits per heavy atom. The highest BCUT2D eigenvalue weighted by molar-refractivity contribution is 5.93. The van der Waals surface area contributed by atoms with E-state index in [0.717, 1.165) is 35.6 Å². The fraction of sp³-hybridized carbons (Fsp3) is 0.625. The average molecular weight is 448 g/mol. The van der Waals surface area contributed by atoms with Crippen LogP contribution in [0, 0.1) is 28.6 Å². The van der Waals surface area contributed by atoms with Crippen molar-refractivity contribution < 1.29 is 9.90 Å². The van der Waals surface area contributed by atoms with Gasteiger partial charge < -0.3 is 10.4 Å². The molecule has 0 aromatic carbocycles. The second-order valence-electron chi connectivity index (χ2n) is 11.0. The largest absolute Gasteiger partial charge is 0.396 e. The van der Waals surface area contributed by atoms with Crippen molar-refractivity contribution >= 4 is 11.6 Å². The Morgan fingerprint density at radius 2 is 2.15 bits per heavy atom. The van der Waals surface area contributed by atoms with E-state index in [1.807, 2.05) is 28.8 Å². The highest BCUT2D eigenvalue weighted by Gasteiger charge is 2.70. The number of hydrogen-bond acceptors (Lipinski definition) is 6. The Morgan fingerprint density at radius 3 is 3.06 bits per heavy atom. The van der Waals surface area contributed by atoms with Crippen molar-refractivity contribution in [3.05, 3.63) is 41.6 Å². The number of nitrogens with one attached hydrogen (secondary N) is 1. The number of aliphatic hydroxyl groups is 1. The van der Waals surface area contributed by atoms with E-state index in [-0.39, 0.29) is 12.5 Å².